The van der Waals surface area contributed by atoms with Gasteiger partial charge in [-0.2, -0.15) is 0 Å². The molecule has 2 heterocycles. The number of pyridine rings is 1. The molecule has 16 heavy (non-hydrogen) atoms. The first-order chi connectivity index (χ1) is 7.59. The quantitative estimate of drug-likeness (QED) is 0.830. The lowest BCUT2D eigenvalue weighted by molar-refractivity contribution is 0.0699. The van der Waals surface area contributed by atoms with E-state index in [1.165, 1.54) is 6.20 Å². The van der Waals surface area contributed by atoms with E-state index >= 15 is 0 Å². The molecule has 0 bridgehead atoms. The number of aromatic carboxylic acids is 1. The molecule has 0 fully saturated rings. The molecule has 0 saturated carbocycles. The number of aromatic amines is 1. The molecule has 0 radical (unpaired) electrons. The minimum atomic E-state index is -1.000. The Hall–Kier alpha value is -2.04. The summed E-state index contributed by atoms with van der Waals surface area (Å²) in [5, 5.41) is 8.94. The zero-order chi connectivity index (χ0) is 11.7. The van der Waals surface area contributed by atoms with Gasteiger partial charge in [0, 0.05) is 18.5 Å². The van der Waals surface area contributed by atoms with Crippen molar-refractivity contribution < 1.29 is 14.6 Å². The molecule has 0 aliphatic rings. The number of hydrogen-bond donors (Lipinski definition) is 2. The Labute approximate surface area is 92.1 Å². The van der Waals surface area contributed by atoms with Crippen LogP contribution >= 0.6 is 0 Å². The summed E-state index contributed by atoms with van der Waals surface area (Å²) in [6.45, 7) is 3.82. The molecule has 0 aliphatic heterocycles. The normalized spacial score (nSPS) is 10.9. The van der Waals surface area contributed by atoms with E-state index in [9.17, 15) is 4.79 Å². The predicted octanol–water partition coefficient (Wildman–Crippen LogP) is 2.05. The SMILES string of the molecule is CC(C)Oc1ccnc2c(C(=O)O)c[nH]c12. The van der Waals surface area contributed by atoms with Gasteiger partial charge < -0.3 is 14.8 Å². The van der Waals surface area contributed by atoms with Crippen molar-refractivity contribution >= 4 is 17.0 Å². The van der Waals surface area contributed by atoms with Crippen molar-refractivity contribution in [2.45, 2.75) is 20.0 Å². The summed E-state index contributed by atoms with van der Waals surface area (Å²) < 4.78 is 5.56. The van der Waals surface area contributed by atoms with Crippen molar-refractivity contribution in [2.24, 2.45) is 0 Å². The number of carboxylic acid groups (broad SMARTS) is 1. The van der Waals surface area contributed by atoms with Crippen LogP contribution in [0.15, 0.2) is 18.5 Å². The van der Waals surface area contributed by atoms with Gasteiger partial charge in [-0.25, -0.2) is 4.79 Å². The number of nitrogens with zero attached hydrogens (tertiary/aromatic N) is 1. The molecule has 2 aromatic rings. The number of H-pyrrole nitrogens is 1. The lowest BCUT2D eigenvalue weighted by Gasteiger charge is -2.09. The van der Waals surface area contributed by atoms with Gasteiger partial charge in [-0.15, -0.1) is 0 Å². The Morgan fingerprint density at radius 3 is 2.94 bits per heavy atom. The highest BCUT2D eigenvalue weighted by molar-refractivity contribution is 6.02. The van der Waals surface area contributed by atoms with Gasteiger partial charge in [-0.05, 0) is 13.8 Å². The molecule has 2 N–H and O–H groups in total. The molecule has 84 valence electrons. The van der Waals surface area contributed by atoms with Gasteiger partial charge in [-0.3, -0.25) is 4.98 Å². The monoisotopic (exact) mass is 220 g/mol. The van der Waals surface area contributed by atoms with E-state index in [4.69, 9.17) is 9.84 Å². The van der Waals surface area contributed by atoms with Crippen molar-refractivity contribution in [1.29, 1.82) is 0 Å². The fourth-order valence-electron chi connectivity index (χ4n) is 1.52. The molecule has 0 saturated heterocycles. The Balaban J connectivity index is 2.57. The van der Waals surface area contributed by atoms with Crippen molar-refractivity contribution in [1.82, 2.24) is 9.97 Å². The van der Waals surface area contributed by atoms with Crippen LogP contribution in [0.5, 0.6) is 5.75 Å². The average Bonchev–Trinajstić information content (AvgIpc) is 2.61. The minimum Gasteiger partial charge on any atom is -0.489 e. The summed E-state index contributed by atoms with van der Waals surface area (Å²) >= 11 is 0. The number of carbonyl (C=O) groups is 1. The summed E-state index contributed by atoms with van der Waals surface area (Å²) in [6, 6.07) is 1.71. The molecular weight excluding hydrogens is 208 g/mol. The first-order valence-corrected chi connectivity index (χ1v) is 4.95. The van der Waals surface area contributed by atoms with Gasteiger partial charge in [0.15, 0.2) is 0 Å². The minimum absolute atomic E-state index is 0.0298. The Morgan fingerprint density at radius 2 is 2.31 bits per heavy atom. The van der Waals surface area contributed by atoms with Crippen LogP contribution in [0.4, 0.5) is 0 Å². The molecule has 0 aliphatic carbocycles. The van der Waals surface area contributed by atoms with E-state index in [1.54, 1.807) is 12.3 Å². The third-order valence-corrected chi connectivity index (χ3v) is 2.12. The van der Waals surface area contributed by atoms with E-state index in [-0.39, 0.29) is 11.7 Å². The molecule has 0 atom stereocenters. The van der Waals surface area contributed by atoms with Crippen LogP contribution < -0.4 is 4.74 Å². The number of ether oxygens (including phenoxy) is 1. The molecule has 5 heteroatoms. The second-order valence-corrected chi connectivity index (χ2v) is 3.71. The summed E-state index contributed by atoms with van der Waals surface area (Å²) in [5.74, 6) is -0.382. The number of rotatable bonds is 3. The van der Waals surface area contributed by atoms with Gasteiger partial charge in [0.2, 0.25) is 0 Å². The molecule has 0 aromatic carbocycles. The fourth-order valence-corrected chi connectivity index (χ4v) is 1.52. The van der Waals surface area contributed by atoms with Gasteiger partial charge in [0.05, 0.1) is 6.10 Å². The Bertz CT molecular complexity index is 531. The maximum absolute atomic E-state index is 10.9. The smallest absolute Gasteiger partial charge is 0.339 e. The number of hydrogen-bond acceptors (Lipinski definition) is 3. The van der Waals surface area contributed by atoms with Crippen LogP contribution in [0.1, 0.15) is 24.2 Å². The van der Waals surface area contributed by atoms with Crippen molar-refractivity contribution in [2.75, 3.05) is 0 Å². The molecule has 0 spiro atoms. The molecule has 2 rings (SSSR count). The lowest BCUT2D eigenvalue weighted by atomic mass is 10.2. The third-order valence-electron chi connectivity index (χ3n) is 2.12. The Morgan fingerprint density at radius 1 is 1.56 bits per heavy atom. The summed E-state index contributed by atoms with van der Waals surface area (Å²) in [6.07, 6.45) is 3.00. The highest BCUT2D eigenvalue weighted by Crippen LogP contribution is 2.25. The van der Waals surface area contributed by atoms with E-state index < -0.39 is 5.97 Å². The van der Waals surface area contributed by atoms with Crippen molar-refractivity contribution in [3.63, 3.8) is 0 Å². The lowest BCUT2D eigenvalue weighted by Crippen LogP contribution is -2.06. The highest BCUT2D eigenvalue weighted by Gasteiger charge is 2.14. The first-order valence-electron chi connectivity index (χ1n) is 4.95. The van der Waals surface area contributed by atoms with Crippen LogP contribution in [0.2, 0.25) is 0 Å². The number of aromatic nitrogens is 2. The van der Waals surface area contributed by atoms with Gasteiger partial charge in [0.1, 0.15) is 22.3 Å². The maximum atomic E-state index is 10.9. The van der Waals surface area contributed by atoms with Crippen LogP contribution in [-0.4, -0.2) is 27.1 Å². The van der Waals surface area contributed by atoms with Crippen LogP contribution in [-0.2, 0) is 0 Å². The number of fused-ring (bicyclic) bond motifs is 1. The van der Waals surface area contributed by atoms with E-state index in [0.717, 1.165) is 0 Å². The molecule has 0 amide bonds. The summed E-state index contributed by atoms with van der Waals surface area (Å²) in [4.78, 5) is 17.8. The summed E-state index contributed by atoms with van der Waals surface area (Å²) in [7, 11) is 0. The van der Waals surface area contributed by atoms with Gasteiger partial charge in [0.25, 0.3) is 0 Å². The zero-order valence-corrected chi connectivity index (χ0v) is 9.02. The fraction of sp³-hybridized carbons (Fsp3) is 0.273. The third kappa shape index (κ3) is 1.71. The Kier molecular flexibility index (Phi) is 2.52. The largest absolute Gasteiger partial charge is 0.489 e. The van der Waals surface area contributed by atoms with Crippen LogP contribution in [0.25, 0.3) is 11.0 Å². The van der Waals surface area contributed by atoms with Crippen molar-refractivity contribution in [3.05, 3.63) is 24.0 Å². The van der Waals surface area contributed by atoms with Gasteiger partial charge >= 0.3 is 5.97 Å². The van der Waals surface area contributed by atoms with E-state index in [2.05, 4.69) is 9.97 Å². The van der Waals surface area contributed by atoms with E-state index in [1.807, 2.05) is 13.8 Å². The topological polar surface area (TPSA) is 75.2 Å². The molecule has 0 unspecified atom stereocenters. The van der Waals surface area contributed by atoms with Crippen LogP contribution in [0.3, 0.4) is 0 Å². The van der Waals surface area contributed by atoms with Crippen molar-refractivity contribution in [3.8, 4) is 5.75 Å². The maximum Gasteiger partial charge on any atom is 0.339 e. The first kappa shape index (κ1) is 10.5. The summed E-state index contributed by atoms with van der Waals surface area (Å²) in [5.41, 5.74) is 1.20. The van der Waals surface area contributed by atoms with E-state index in [0.29, 0.717) is 16.8 Å². The second-order valence-electron chi connectivity index (χ2n) is 3.71. The predicted molar refractivity (Wildman–Crippen MR) is 58.8 cm³/mol. The average molecular weight is 220 g/mol. The highest BCUT2D eigenvalue weighted by atomic mass is 16.5. The molecular formula is C11H12N2O3. The molecule has 5 nitrogen and oxygen atoms in total. The molecule has 2 aromatic heterocycles. The van der Waals surface area contributed by atoms with Crippen LogP contribution in [0, 0.1) is 0 Å². The number of carboxylic acids is 1. The number of nitrogens with one attached hydrogen (secondary N) is 1. The zero-order valence-electron chi connectivity index (χ0n) is 9.02. The second kappa shape index (κ2) is 3.84. The standard InChI is InChI=1S/C11H12N2O3/c1-6(2)16-8-3-4-12-9-7(11(14)15)5-13-10(8)9/h3-6,13H,1-2H3,(H,14,15). The van der Waals surface area contributed by atoms with Gasteiger partial charge in [-0.1, -0.05) is 0 Å².